The molecule has 0 atom stereocenters. The van der Waals surface area contributed by atoms with Crippen molar-refractivity contribution in [3.05, 3.63) is 14.7 Å². The van der Waals surface area contributed by atoms with Crippen molar-refractivity contribution in [1.29, 1.82) is 0 Å². The first kappa shape index (κ1) is 16.7. The second-order valence-corrected chi connectivity index (χ2v) is 8.47. The Morgan fingerprint density at radius 1 is 1.47 bits per heavy atom. The van der Waals surface area contributed by atoms with Gasteiger partial charge in [-0.25, -0.2) is 8.42 Å². The Bertz CT molecular complexity index is 568. The van der Waals surface area contributed by atoms with Gasteiger partial charge in [0.25, 0.3) is 0 Å². The van der Waals surface area contributed by atoms with E-state index in [4.69, 9.17) is 28.3 Å². The first-order valence-corrected chi connectivity index (χ1v) is 8.32. The van der Waals surface area contributed by atoms with E-state index in [9.17, 15) is 13.2 Å². The summed E-state index contributed by atoms with van der Waals surface area (Å²) in [5.74, 6) is -1.23. The molecule has 1 aromatic rings. The molecule has 0 fully saturated rings. The van der Waals surface area contributed by atoms with Crippen LogP contribution in [0.3, 0.4) is 0 Å². The molecule has 1 heterocycles. The number of halogens is 2. The first-order valence-electron chi connectivity index (χ1n) is 5.31. The van der Waals surface area contributed by atoms with Gasteiger partial charge in [0, 0.05) is 6.54 Å². The Hall–Kier alpha value is -0.340. The summed E-state index contributed by atoms with van der Waals surface area (Å²) in [7, 11) is -3.95. The third-order valence-corrected chi connectivity index (χ3v) is 5.69. The molecule has 0 saturated heterocycles. The van der Waals surface area contributed by atoms with E-state index in [1.807, 2.05) is 0 Å². The zero-order valence-electron chi connectivity index (χ0n) is 10.3. The summed E-state index contributed by atoms with van der Waals surface area (Å²) in [6, 6.07) is 1.24. The molecule has 5 nitrogen and oxygen atoms in total. The molecular formula is C10H13Cl2NO4S2. The molecule has 9 heteroatoms. The lowest BCUT2D eigenvalue weighted by Gasteiger charge is -2.21. The summed E-state index contributed by atoms with van der Waals surface area (Å²) < 4.78 is 25.9. The normalized spacial score (nSPS) is 12.3. The van der Waals surface area contributed by atoms with Crippen LogP contribution in [-0.2, 0) is 14.8 Å². The van der Waals surface area contributed by atoms with Crippen LogP contribution in [0.1, 0.15) is 13.8 Å². The molecule has 1 N–H and O–H groups in total. The van der Waals surface area contributed by atoms with E-state index in [0.717, 1.165) is 15.6 Å². The van der Waals surface area contributed by atoms with Crippen LogP contribution in [0.2, 0.25) is 8.67 Å². The lowest BCUT2D eigenvalue weighted by Crippen LogP contribution is -2.38. The van der Waals surface area contributed by atoms with E-state index in [1.165, 1.54) is 6.07 Å². The van der Waals surface area contributed by atoms with Gasteiger partial charge in [-0.15, -0.1) is 11.3 Å². The van der Waals surface area contributed by atoms with Gasteiger partial charge in [-0.2, -0.15) is 4.31 Å². The molecule has 0 spiro atoms. The number of aliphatic carboxylic acids is 1. The smallest absolute Gasteiger partial charge is 0.318 e. The van der Waals surface area contributed by atoms with Crippen molar-refractivity contribution in [2.24, 2.45) is 5.92 Å². The minimum atomic E-state index is -3.95. The Morgan fingerprint density at radius 2 is 2.05 bits per heavy atom. The predicted octanol–water partition coefficient (Wildman–Crippen LogP) is 2.79. The maximum atomic E-state index is 12.4. The Balaban J connectivity index is 3.18. The van der Waals surface area contributed by atoms with Crippen molar-refractivity contribution < 1.29 is 18.3 Å². The zero-order valence-corrected chi connectivity index (χ0v) is 13.4. The fraction of sp³-hybridized carbons (Fsp3) is 0.500. The highest BCUT2D eigenvalue weighted by atomic mass is 35.5. The van der Waals surface area contributed by atoms with Crippen LogP contribution in [0.25, 0.3) is 0 Å². The summed E-state index contributed by atoms with van der Waals surface area (Å²) in [6.45, 7) is 3.09. The van der Waals surface area contributed by atoms with Gasteiger partial charge in [0.1, 0.15) is 15.8 Å². The standard InChI is InChI=1S/C10H13Cl2NO4S2/c1-6(2)4-13(5-9(14)15)19(16,17)7-3-8(11)18-10(7)12/h3,6H,4-5H2,1-2H3,(H,14,15). The van der Waals surface area contributed by atoms with Gasteiger partial charge < -0.3 is 5.11 Å². The predicted molar refractivity (Wildman–Crippen MR) is 75.6 cm³/mol. The summed E-state index contributed by atoms with van der Waals surface area (Å²) in [4.78, 5) is 10.6. The summed E-state index contributed by atoms with van der Waals surface area (Å²) in [5.41, 5.74) is 0. The van der Waals surface area contributed by atoms with E-state index < -0.39 is 22.5 Å². The number of hydrogen-bond acceptors (Lipinski definition) is 4. The van der Waals surface area contributed by atoms with Crippen LogP contribution in [0, 0.1) is 5.92 Å². The summed E-state index contributed by atoms with van der Waals surface area (Å²) in [5, 5.41) is 8.82. The highest BCUT2D eigenvalue weighted by Crippen LogP contribution is 2.35. The van der Waals surface area contributed by atoms with Crippen molar-refractivity contribution in [3.63, 3.8) is 0 Å². The molecule has 0 bridgehead atoms. The molecular weight excluding hydrogens is 333 g/mol. The lowest BCUT2D eigenvalue weighted by molar-refractivity contribution is -0.137. The Morgan fingerprint density at radius 3 is 2.42 bits per heavy atom. The van der Waals surface area contributed by atoms with E-state index >= 15 is 0 Å². The number of carbonyl (C=O) groups is 1. The fourth-order valence-corrected chi connectivity index (χ4v) is 5.11. The zero-order chi connectivity index (χ0) is 14.8. The van der Waals surface area contributed by atoms with Gasteiger partial charge in [-0.05, 0) is 12.0 Å². The molecule has 0 amide bonds. The van der Waals surface area contributed by atoms with Gasteiger partial charge in [-0.1, -0.05) is 37.0 Å². The van der Waals surface area contributed by atoms with Crippen molar-refractivity contribution in [2.45, 2.75) is 18.7 Å². The second kappa shape index (κ2) is 6.41. The molecule has 0 aromatic carbocycles. The average molecular weight is 346 g/mol. The van der Waals surface area contributed by atoms with Gasteiger partial charge in [0.05, 0.1) is 4.34 Å². The minimum Gasteiger partial charge on any atom is -0.480 e. The number of carboxylic acids is 1. The third-order valence-electron chi connectivity index (χ3n) is 2.12. The highest BCUT2D eigenvalue weighted by molar-refractivity contribution is 7.89. The maximum absolute atomic E-state index is 12.4. The fourth-order valence-electron chi connectivity index (χ4n) is 1.45. The quantitative estimate of drug-likeness (QED) is 0.859. The van der Waals surface area contributed by atoms with Crippen LogP contribution in [-0.4, -0.2) is 36.9 Å². The highest BCUT2D eigenvalue weighted by Gasteiger charge is 2.30. The lowest BCUT2D eigenvalue weighted by atomic mass is 10.2. The van der Waals surface area contributed by atoms with Crippen molar-refractivity contribution in [2.75, 3.05) is 13.1 Å². The van der Waals surface area contributed by atoms with Crippen molar-refractivity contribution >= 4 is 50.5 Å². The molecule has 0 aliphatic rings. The minimum absolute atomic E-state index is 0.0120. The van der Waals surface area contributed by atoms with E-state index in [0.29, 0.717) is 0 Å². The first-order chi connectivity index (χ1) is 8.64. The maximum Gasteiger partial charge on any atom is 0.318 e. The number of thiophene rings is 1. The molecule has 0 aliphatic heterocycles. The van der Waals surface area contributed by atoms with E-state index in [2.05, 4.69) is 0 Å². The Kier molecular flexibility index (Phi) is 5.64. The number of hydrogen-bond donors (Lipinski definition) is 1. The largest absolute Gasteiger partial charge is 0.480 e. The molecule has 0 aliphatic carbocycles. The molecule has 108 valence electrons. The van der Waals surface area contributed by atoms with E-state index in [1.54, 1.807) is 13.8 Å². The second-order valence-electron chi connectivity index (χ2n) is 4.27. The van der Waals surface area contributed by atoms with Gasteiger partial charge in [-0.3, -0.25) is 4.79 Å². The van der Waals surface area contributed by atoms with Crippen LogP contribution < -0.4 is 0 Å². The monoisotopic (exact) mass is 345 g/mol. The van der Waals surface area contributed by atoms with Gasteiger partial charge >= 0.3 is 5.97 Å². The van der Waals surface area contributed by atoms with Crippen LogP contribution >= 0.6 is 34.5 Å². The van der Waals surface area contributed by atoms with Crippen molar-refractivity contribution in [3.8, 4) is 0 Å². The molecule has 1 rings (SSSR count). The molecule has 0 unspecified atom stereocenters. The summed E-state index contributed by atoms with van der Waals surface area (Å²) in [6.07, 6.45) is 0. The number of sulfonamides is 1. The summed E-state index contributed by atoms with van der Waals surface area (Å²) >= 11 is 12.5. The Labute approximate surface area is 125 Å². The van der Waals surface area contributed by atoms with Crippen molar-refractivity contribution in [1.82, 2.24) is 4.31 Å². The molecule has 1 aromatic heterocycles. The topological polar surface area (TPSA) is 74.7 Å². The number of carboxylic acid groups (broad SMARTS) is 1. The third kappa shape index (κ3) is 4.32. The van der Waals surface area contributed by atoms with Gasteiger partial charge in [0.2, 0.25) is 10.0 Å². The van der Waals surface area contributed by atoms with Crippen LogP contribution in [0.15, 0.2) is 11.0 Å². The average Bonchev–Trinajstić information content (AvgIpc) is 2.56. The number of rotatable bonds is 6. The number of nitrogens with zero attached hydrogens (tertiary/aromatic N) is 1. The molecule has 19 heavy (non-hydrogen) atoms. The molecule has 0 saturated carbocycles. The molecule has 0 radical (unpaired) electrons. The van der Waals surface area contributed by atoms with Gasteiger partial charge in [0.15, 0.2) is 0 Å². The van der Waals surface area contributed by atoms with E-state index in [-0.39, 0.29) is 26.0 Å². The van der Waals surface area contributed by atoms with Crippen LogP contribution in [0.4, 0.5) is 0 Å². The van der Waals surface area contributed by atoms with Crippen LogP contribution in [0.5, 0.6) is 0 Å². The SMILES string of the molecule is CC(C)CN(CC(=O)O)S(=O)(=O)c1cc(Cl)sc1Cl.